The number of rotatable bonds is 5. The van der Waals surface area contributed by atoms with Gasteiger partial charge in [-0.1, -0.05) is 12.1 Å². The summed E-state index contributed by atoms with van der Waals surface area (Å²) < 4.78 is 1.84. The van der Waals surface area contributed by atoms with Gasteiger partial charge in [-0.25, -0.2) is 4.79 Å². The van der Waals surface area contributed by atoms with Gasteiger partial charge in [0.2, 0.25) is 0 Å². The smallest absolute Gasteiger partial charge is 0.326 e. The Bertz CT molecular complexity index is 630. The van der Waals surface area contributed by atoms with Crippen LogP contribution in [0.2, 0.25) is 0 Å². The van der Waals surface area contributed by atoms with Crippen molar-refractivity contribution in [2.45, 2.75) is 31.8 Å². The fourth-order valence-electron chi connectivity index (χ4n) is 3.22. The number of aromatic amines is 1. The molecule has 0 saturated carbocycles. The Morgan fingerprint density at radius 1 is 1.30 bits per heavy atom. The number of nitrogens with zero attached hydrogens (tertiary/aromatic N) is 2. The molecule has 1 aromatic carbocycles. The van der Waals surface area contributed by atoms with Crippen molar-refractivity contribution in [3.63, 3.8) is 0 Å². The van der Waals surface area contributed by atoms with Crippen molar-refractivity contribution in [1.29, 1.82) is 0 Å². The van der Waals surface area contributed by atoms with E-state index >= 15 is 0 Å². The first-order valence-corrected chi connectivity index (χ1v) is 7.41. The number of imidazole rings is 1. The fourth-order valence-corrected chi connectivity index (χ4v) is 3.22. The van der Waals surface area contributed by atoms with Crippen molar-refractivity contribution in [3.05, 3.63) is 34.7 Å². The highest BCUT2D eigenvalue weighted by Crippen LogP contribution is 2.16. The van der Waals surface area contributed by atoms with Gasteiger partial charge < -0.3 is 10.7 Å². The van der Waals surface area contributed by atoms with E-state index in [1.165, 1.54) is 12.8 Å². The summed E-state index contributed by atoms with van der Waals surface area (Å²) in [6, 6.07) is 8.38. The number of fused-ring (bicyclic) bond motifs is 1. The van der Waals surface area contributed by atoms with Crippen LogP contribution in [0.25, 0.3) is 11.0 Å². The molecule has 2 heterocycles. The van der Waals surface area contributed by atoms with Crippen molar-refractivity contribution in [1.82, 2.24) is 14.5 Å². The summed E-state index contributed by atoms with van der Waals surface area (Å²) in [5, 5.41) is 0. The normalized spacial score (nSPS) is 19.9. The number of aromatic nitrogens is 2. The van der Waals surface area contributed by atoms with Crippen LogP contribution in [0.5, 0.6) is 0 Å². The molecule has 1 atom stereocenters. The molecule has 5 nitrogen and oxygen atoms in total. The van der Waals surface area contributed by atoms with Crippen molar-refractivity contribution in [2.24, 2.45) is 5.73 Å². The fraction of sp³-hybridized carbons (Fsp3) is 0.533. The molecule has 0 bridgehead atoms. The van der Waals surface area contributed by atoms with E-state index in [0.29, 0.717) is 6.04 Å². The van der Waals surface area contributed by atoms with Crippen LogP contribution in [0.4, 0.5) is 0 Å². The molecule has 5 heteroatoms. The Morgan fingerprint density at radius 2 is 2.15 bits per heavy atom. The second kappa shape index (κ2) is 5.81. The number of hydrogen-bond acceptors (Lipinski definition) is 3. The number of aryl methyl sites for hydroxylation is 1. The molecule has 0 spiro atoms. The Labute approximate surface area is 118 Å². The highest BCUT2D eigenvalue weighted by molar-refractivity contribution is 5.74. The molecular formula is C15H22N4O. The van der Waals surface area contributed by atoms with Crippen molar-refractivity contribution >= 4 is 11.0 Å². The Hall–Kier alpha value is -1.59. The van der Waals surface area contributed by atoms with Gasteiger partial charge in [0, 0.05) is 25.7 Å². The van der Waals surface area contributed by atoms with Gasteiger partial charge in [-0.15, -0.1) is 0 Å². The summed E-state index contributed by atoms with van der Waals surface area (Å²) in [6.45, 7) is 3.67. The molecule has 0 aliphatic carbocycles. The van der Waals surface area contributed by atoms with Gasteiger partial charge in [0.1, 0.15) is 0 Å². The monoisotopic (exact) mass is 274 g/mol. The van der Waals surface area contributed by atoms with E-state index in [2.05, 4.69) is 9.88 Å². The maximum atomic E-state index is 12.0. The van der Waals surface area contributed by atoms with Crippen molar-refractivity contribution < 1.29 is 0 Å². The first-order chi connectivity index (χ1) is 9.79. The minimum absolute atomic E-state index is 0.0111. The van der Waals surface area contributed by atoms with E-state index in [9.17, 15) is 4.79 Å². The molecule has 0 radical (unpaired) electrons. The molecule has 20 heavy (non-hydrogen) atoms. The summed E-state index contributed by atoms with van der Waals surface area (Å²) >= 11 is 0. The van der Waals surface area contributed by atoms with Gasteiger partial charge in [-0.2, -0.15) is 0 Å². The first-order valence-electron chi connectivity index (χ1n) is 7.41. The van der Waals surface area contributed by atoms with Crippen LogP contribution in [-0.2, 0) is 6.54 Å². The Balaban J connectivity index is 1.65. The number of likely N-dealkylation sites (tertiary alicyclic amines) is 1. The van der Waals surface area contributed by atoms with Gasteiger partial charge in [-0.3, -0.25) is 9.47 Å². The molecule has 1 unspecified atom stereocenters. The zero-order chi connectivity index (χ0) is 13.9. The number of hydrogen-bond donors (Lipinski definition) is 2. The molecular weight excluding hydrogens is 252 g/mol. The summed E-state index contributed by atoms with van der Waals surface area (Å²) in [5.41, 5.74) is 7.69. The zero-order valence-electron chi connectivity index (χ0n) is 11.7. The van der Waals surface area contributed by atoms with Crippen molar-refractivity contribution in [3.8, 4) is 0 Å². The van der Waals surface area contributed by atoms with Crippen LogP contribution in [0.3, 0.4) is 0 Å². The van der Waals surface area contributed by atoms with Crippen LogP contribution in [0.15, 0.2) is 29.1 Å². The Morgan fingerprint density at radius 3 is 3.00 bits per heavy atom. The lowest BCUT2D eigenvalue weighted by Gasteiger charge is -2.22. The van der Waals surface area contributed by atoms with Crippen LogP contribution >= 0.6 is 0 Å². The minimum Gasteiger partial charge on any atom is -0.329 e. The third-order valence-corrected chi connectivity index (χ3v) is 4.28. The molecule has 2 aromatic rings. The highest BCUT2D eigenvalue weighted by atomic mass is 16.1. The van der Waals surface area contributed by atoms with Crippen molar-refractivity contribution in [2.75, 3.05) is 19.6 Å². The van der Waals surface area contributed by atoms with Gasteiger partial charge in [0.05, 0.1) is 11.0 Å². The van der Waals surface area contributed by atoms with E-state index in [4.69, 9.17) is 5.73 Å². The number of nitrogens with one attached hydrogen (secondary N) is 1. The van der Waals surface area contributed by atoms with Crippen LogP contribution in [-0.4, -0.2) is 40.1 Å². The largest absolute Gasteiger partial charge is 0.329 e. The van der Waals surface area contributed by atoms with Gasteiger partial charge >= 0.3 is 5.69 Å². The van der Waals surface area contributed by atoms with Crippen LogP contribution < -0.4 is 11.4 Å². The SMILES string of the molecule is NCC1CCCN1CCCn1c(=O)[nH]c2ccccc21. The lowest BCUT2D eigenvalue weighted by atomic mass is 10.2. The van der Waals surface area contributed by atoms with E-state index in [0.717, 1.165) is 43.6 Å². The van der Waals surface area contributed by atoms with E-state index in [1.807, 2.05) is 28.8 Å². The number of benzene rings is 1. The quantitative estimate of drug-likeness (QED) is 0.859. The molecule has 3 N–H and O–H groups in total. The van der Waals surface area contributed by atoms with Crippen LogP contribution in [0, 0.1) is 0 Å². The predicted molar refractivity (Wildman–Crippen MR) is 80.8 cm³/mol. The summed E-state index contributed by atoms with van der Waals surface area (Å²) in [7, 11) is 0. The minimum atomic E-state index is -0.0111. The lowest BCUT2D eigenvalue weighted by molar-refractivity contribution is 0.251. The molecule has 1 aliphatic rings. The first kappa shape index (κ1) is 13.4. The third-order valence-electron chi connectivity index (χ3n) is 4.28. The number of H-pyrrole nitrogens is 1. The molecule has 1 saturated heterocycles. The molecule has 3 rings (SSSR count). The van der Waals surface area contributed by atoms with Gasteiger partial charge in [-0.05, 0) is 37.9 Å². The summed E-state index contributed by atoms with van der Waals surface area (Å²) in [6.07, 6.45) is 3.44. The Kier molecular flexibility index (Phi) is 3.89. The average molecular weight is 274 g/mol. The van der Waals surface area contributed by atoms with E-state index in [1.54, 1.807) is 0 Å². The molecule has 108 valence electrons. The van der Waals surface area contributed by atoms with Crippen LogP contribution in [0.1, 0.15) is 19.3 Å². The number of nitrogens with two attached hydrogens (primary N) is 1. The molecule has 1 aliphatic heterocycles. The topological polar surface area (TPSA) is 67.0 Å². The lowest BCUT2D eigenvalue weighted by Crippen LogP contribution is -2.36. The third kappa shape index (κ3) is 2.51. The average Bonchev–Trinajstić information content (AvgIpc) is 3.03. The maximum absolute atomic E-state index is 12.0. The summed E-state index contributed by atoms with van der Waals surface area (Å²) in [5.74, 6) is 0. The molecule has 0 amide bonds. The second-order valence-electron chi connectivity index (χ2n) is 5.52. The highest BCUT2D eigenvalue weighted by Gasteiger charge is 2.22. The van der Waals surface area contributed by atoms with Gasteiger partial charge in [0.25, 0.3) is 0 Å². The summed E-state index contributed by atoms with van der Waals surface area (Å²) in [4.78, 5) is 17.3. The second-order valence-corrected chi connectivity index (χ2v) is 5.52. The zero-order valence-corrected chi connectivity index (χ0v) is 11.7. The molecule has 1 fully saturated rings. The van der Waals surface area contributed by atoms with E-state index in [-0.39, 0.29) is 5.69 Å². The predicted octanol–water partition coefficient (Wildman–Crippen LogP) is 1.14. The van der Waals surface area contributed by atoms with Gasteiger partial charge in [0.15, 0.2) is 0 Å². The van der Waals surface area contributed by atoms with E-state index < -0.39 is 0 Å². The molecule has 1 aromatic heterocycles. The number of para-hydroxylation sites is 2. The standard InChI is InChI=1S/C15H22N4O/c16-11-12-5-3-8-18(12)9-4-10-19-14-7-2-1-6-13(14)17-15(19)20/h1-2,6-7,12H,3-5,8-11,16H2,(H,17,20). The maximum Gasteiger partial charge on any atom is 0.326 e.